The predicted octanol–water partition coefficient (Wildman–Crippen LogP) is 1.22. The van der Waals surface area contributed by atoms with Gasteiger partial charge in [0, 0.05) is 12.3 Å². The van der Waals surface area contributed by atoms with Crippen molar-refractivity contribution in [2.45, 2.75) is 46.6 Å². The molecule has 0 heterocycles. The van der Waals surface area contributed by atoms with Crippen molar-refractivity contribution in [3.63, 3.8) is 0 Å². The largest absolute Gasteiger partial charge is 0.481 e. The second-order valence-corrected chi connectivity index (χ2v) is 4.64. The third-order valence-corrected chi connectivity index (χ3v) is 2.87. The first-order chi connectivity index (χ1) is 7.75. The molecule has 0 saturated carbocycles. The first-order valence-electron chi connectivity index (χ1n) is 5.78. The normalized spacial score (nSPS) is 14.2. The highest BCUT2D eigenvalue weighted by Crippen LogP contribution is 2.10. The summed E-state index contributed by atoms with van der Waals surface area (Å²) < 4.78 is 0. The number of carboxylic acid groups (broad SMARTS) is 1. The van der Waals surface area contributed by atoms with Crippen LogP contribution in [0.15, 0.2) is 0 Å². The van der Waals surface area contributed by atoms with Crippen molar-refractivity contribution in [1.82, 2.24) is 5.32 Å². The second kappa shape index (κ2) is 7.04. The number of aliphatic carboxylic acids is 1. The Bertz CT molecular complexity index is 299. The van der Waals surface area contributed by atoms with E-state index in [9.17, 15) is 14.4 Å². The average molecular weight is 243 g/mol. The van der Waals surface area contributed by atoms with Crippen molar-refractivity contribution in [2.24, 2.45) is 11.8 Å². The number of hydrogen-bond donors (Lipinski definition) is 2. The highest BCUT2D eigenvalue weighted by molar-refractivity contribution is 5.88. The Balaban J connectivity index is 4.39. The van der Waals surface area contributed by atoms with Crippen molar-refractivity contribution >= 4 is 17.7 Å². The predicted molar refractivity (Wildman–Crippen MR) is 63.5 cm³/mol. The summed E-state index contributed by atoms with van der Waals surface area (Å²) in [5, 5.41) is 11.2. The molecule has 0 aliphatic heterocycles. The molecule has 5 heteroatoms. The Labute approximate surface area is 102 Å². The topological polar surface area (TPSA) is 83.5 Å². The van der Waals surface area contributed by atoms with Crippen LogP contribution in [0.25, 0.3) is 0 Å². The number of carbonyl (C=O) groups excluding carboxylic acids is 2. The lowest BCUT2D eigenvalue weighted by atomic mass is 9.96. The Morgan fingerprint density at radius 2 is 1.71 bits per heavy atom. The van der Waals surface area contributed by atoms with Gasteiger partial charge >= 0.3 is 5.97 Å². The highest BCUT2D eigenvalue weighted by atomic mass is 16.4. The van der Waals surface area contributed by atoms with Gasteiger partial charge in [0.1, 0.15) is 0 Å². The molecule has 0 saturated heterocycles. The Hall–Kier alpha value is -1.39. The van der Waals surface area contributed by atoms with Crippen molar-refractivity contribution < 1.29 is 19.5 Å². The van der Waals surface area contributed by atoms with Crippen LogP contribution in [0.4, 0.5) is 0 Å². The van der Waals surface area contributed by atoms with Crippen molar-refractivity contribution in [1.29, 1.82) is 0 Å². The Kier molecular flexibility index (Phi) is 6.46. The lowest BCUT2D eigenvalue weighted by molar-refractivity contribution is -0.138. The van der Waals surface area contributed by atoms with Gasteiger partial charge in [-0.25, -0.2) is 0 Å². The highest BCUT2D eigenvalue weighted by Gasteiger charge is 2.22. The SMILES string of the molecule is CC(=O)[C@H](CCC(=O)O)NC(=O)[C@@H](C)C(C)C. The molecule has 17 heavy (non-hydrogen) atoms. The number of rotatable bonds is 7. The van der Waals surface area contributed by atoms with Crippen LogP contribution < -0.4 is 5.32 Å². The number of nitrogens with one attached hydrogen (secondary N) is 1. The maximum absolute atomic E-state index is 11.7. The first kappa shape index (κ1) is 15.6. The quantitative estimate of drug-likeness (QED) is 0.704. The van der Waals surface area contributed by atoms with E-state index in [1.807, 2.05) is 13.8 Å². The molecule has 0 spiro atoms. The van der Waals surface area contributed by atoms with Gasteiger partial charge in [0.05, 0.1) is 6.04 Å². The van der Waals surface area contributed by atoms with E-state index in [0.29, 0.717) is 0 Å². The summed E-state index contributed by atoms with van der Waals surface area (Å²) in [5.74, 6) is -1.40. The molecular weight excluding hydrogens is 222 g/mol. The van der Waals surface area contributed by atoms with Crippen LogP contribution in [-0.2, 0) is 14.4 Å². The van der Waals surface area contributed by atoms with Gasteiger partial charge in [0.25, 0.3) is 0 Å². The zero-order valence-corrected chi connectivity index (χ0v) is 10.8. The Morgan fingerprint density at radius 1 is 1.18 bits per heavy atom. The fourth-order valence-electron chi connectivity index (χ4n) is 1.25. The molecule has 1 amide bonds. The number of carboxylic acids is 1. The summed E-state index contributed by atoms with van der Waals surface area (Å²) in [6.07, 6.45) is 0.0157. The van der Waals surface area contributed by atoms with Crippen LogP contribution in [0, 0.1) is 11.8 Å². The molecule has 0 aliphatic carbocycles. The van der Waals surface area contributed by atoms with Gasteiger partial charge in [0.15, 0.2) is 5.78 Å². The zero-order chi connectivity index (χ0) is 13.6. The fourth-order valence-corrected chi connectivity index (χ4v) is 1.25. The van der Waals surface area contributed by atoms with E-state index in [4.69, 9.17) is 5.11 Å². The molecule has 0 fully saturated rings. The maximum atomic E-state index is 11.7. The third kappa shape index (κ3) is 6.04. The molecule has 0 aromatic rings. The van der Waals surface area contributed by atoms with E-state index < -0.39 is 12.0 Å². The molecule has 0 unspecified atom stereocenters. The number of amides is 1. The monoisotopic (exact) mass is 243 g/mol. The molecule has 0 radical (unpaired) electrons. The molecule has 98 valence electrons. The molecule has 0 aromatic heterocycles. The summed E-state index contributed by atoms with van der Waals surface area (Å²) in [7, 11) is 0. The first-order valence-corrected chi connectivity index (χ1v) is 5.78. The van der Waals surface area contributed by atoms with E-state index in [-0.39, 0.29) is 36.4 Å². The number of ketones is 1. The Morgan fingerprint density at radius 3 is 2.06 bits per heavy atom. The van der Waals surface area contributed by atoms with Gasteiger partial charge in [-0.1, -0.05) is 20.8 Å². The lowest BCUT2D eigenvalue weighted by Gasteiger charge is -2.20. The molecule has 0 bridgehead atoms. The van der Waals surface area contributed by atoms with Crippen LogP contribution in [0.3, 0.4) is 0 Å². The molecule has 2 N–H and O–H groups in total. The summed E-state index contributed by atoms with van der Waals surface area (Å²) in [6.45, 7) is 6.98. The zero-order valence-electron chi connectivity index (χ0n) is 10.8. The van der Waals surface area contributed by atoms with Crippen LogP contribution in [0.2, 0.25) is 0 Å². The second-order valence-electron chi connectivity index (χ2n) is 4.64. The number of hydrogen-bond acceptors (Lipinski definition) is 3. The van der Waals surface area contributed by atoms with Gasteiger partial charge in [0.2, 0.25) is 5.91 Å². The minimum absolute atomic E-state index is 0.124. The average Bonchev–Trinajstić information content (AvgIpc) is 2.21. The number of Topliss-reactive ketones (excluding diaryl/α,β-unsaturated/α-hetero) is 1. The number of carbonyl (C=O) groups is 3. The summed E-state index contributed by atoms with van der Waals surface area (Å²) >= 11 is 0. The smallest absolute Gasteiger partial charge is 0.303 e. The van der Waals surface area contributed by atoms with Crippen LogP contribution >= 0.6 is 0 Å². The minimum Gasteiger partial charge on any atom is -0.481 e. The standard InChI is InChI=1S/C12H21NO4/c1-7(2)8(3)12(17)13-10(9(4)14)5-6-11(15)16/h7-8,10H,5-6H2,1-4H3,(H,13,17)(H,15,16)/t8-,10-/m0/s1. The van der Waals surface area contributed by atoms with Gasteiger partial charge in [-0.05, 0) is 19.3 Å². The van der Waals surface area contributed by atoms with E-state index in [0.717, 1.165) is 0 Å². The summed E-state index contributed by atoms with van der Waals surface area (Å²) in [6, 6.07) is -0.695. The van der Waals surface area contributed by atoms with Gasteiger partial charge in [-0.2, -0.15) is 0 Å². The van der Waals surface area contributed by atoms with E-state index in [1.54, 1.807) is 6.92 Å². The third-order valence-electron chi connectivity index (χ3n) is 2.87. The van der Waals surface area contributed by atoms with Gasteiger partial charge in [-0.15, -0.1) is 0 Å². The fraction of sp³-hybridized carbons (Fsp3) is 0.750. The summed E-state index contributed by atoms with van der Waals surface area (Å²) in [5.41, 5.74) is 0. The maximum Gasteiger partial charge on any atom is 0.303 e. The van der Waals surface area contributed by atoms with Crippen molar-refractivity contribution in [2.75, 3.05) is 0 Å². The van der Waals surface area contributed by atoms with E-state index in [2.05, 4.69) is 5.32 Å². The van der Waals surface area contributed by atoms with Gasteiger partial charge < -0.3 is 10.4 Å². The van der Waals surface area contributed by atoms with E-state index in [1.165, 1.54) is 6.92 Å². The van der Waals surface area contributed by atoms with Crippen molar-refractivity contribution in [3.05, 3.63) is 0 Å². The van der Waals surface area contributed by atoms with Crippen molar-refractivity contribution in [3.8, 4) is 0 Å². The van der Waals surface area contributed by atoms with E-state index >= 15 is 0 Å². The molecule has 0 aliphatic rings. The molecule has 2 atom stereocenters. The summed E-state index contributed by atoms with van der Waals surface area (Å²) in [4.78, 5) is 33.4. The molecule has 0 aromatic carbocycles. The van der Waals surface area contributed by atoms with Crippen LogP contribution in [-0.4, -0.2) is 28.8 Å². The molecule has 0 rings (SSSR count). The van der Waals surface area contributed by atoms with Gasteiger partial charge in [-0.3, -0.25) is 14.4 Å². The molecular formula is C12H21NO4. The van der Waals surface area contributed by atoms with Crippen LogP contribution in [0.5, 0.6) is 0 Å². The molecule has 5 nitrogen and oxygen atoms in total. The minimum atomic E-state index is -0.970. The van der Waals surface area contributed by atoms with Crippen LogP contribution in [0.1, 0.15) is 40.5 Å². The lowest BCUT2D eigenvalue weighted by Crippen LogP contribution is -2.43.